The Labute approximate surface area is 118 Å². The molecule has 0 unspecified atom stereocenters. The molecule has 20 heavy (non-hydrogen) atoms. The number of amides is 1. The number of carbonyl (C=O) groups is 1. The van der Waals surface area contributed by atoms with Crippen LogP contribution in [0.2, 0.25) is 5.02 Å². The highest BCUT2D eigenvalue weighted by Crippen LogP contribution is 2.35. The average molecular weight is 300 g/mol. The van der Waals surface area contributed by atoms with Crippen LogP contribution < -0.4 is 0 Å². The quantitative estimate of drug-likeness (QED) is 0.629. The first-order valence-corrected chi connectivity index (χ1v) is 6.21. The fraction of sp³-hybridized carbons (Fsp3) is 0.364. The number of hydrogen-bond donors (Lipinski definition) is 0. The monoisotopic (exact) mass is 299 g/mol. The van der Waals surface area contributed by atoms with E-state index in [9.17, 15) is 25.0 Å². The molecule has 0 radical (unpaired) electrons. The van der Waals surface area contributed by atoms with Crippen LogP contribution in [0.3, 0.4) is 0 Å². The van der Waals surface area contributed by atoms with E-state index in [4.69, 9.17) is 11.6 Å². The van der Waals surface area contributed by atoms with Crippen molar-refractivity contribution in [3.05, 3.63) is 42.9 Å². The van der Waals surface area contributed by atoms with Crippen LogP contribution in [0.4, 0.5) is 11.4 Å². The molecule has 1 aromatic carbocycles. The van der Waals surface area contributed by atoms with Gasteiger partial charge in [0.2, 0.25) is 0 Å². The second kappa shape index (κ2) is 5.41. The molecule has 0 N–H and O–H groups in total. The molecule has 0 saturated carbocycles. The summed E-state index contributed by atoms with van der Waals surface area (Å²) in [4.78, 5) is 33.7. The van der Waals surface area contributed by atoms with E-state index in [2.05, 4.69) is 0 Å². The van der Waals surface area contributed by atoms with Gasteiger partial charge in [0.05, 0.1) is 15.4 Å². The minimum absolute atomic E-state index is 0.0882. The molecule has 1 aromatic rings. The van der Waals surface area contributed by atoms with Crippen molar-refractivity contribution in [1.29, 1.82) is 0 Å². The van der Waals surface area contributed by atoms with Gasteiger partial charge >= 0.3 is 0 Å². The standard InChI is InChI=1S/C11H10ClN3O5/c12-10-8(14(17)18)5-7(6-9(10)15(19)20)11(16)13-3-1-2-4-13/h5-6H,1-4H2. The molecule has 9 heteroatoms. The highest BCUT2D eigenvalue weighted by molar-refractivity contribution is 6.35. The van der Waals surface area contributed by atoms with E-state index < -0.39 is 32.2 Å². The summed E-state index contributed by atoms with van der Waals surface area (Å²) < 4.78 is 0. The first-order valence-electron chi connectivity index (χ1n) is 5.83. The van der Waals surface area contributed by atoms with Crippen LogP contribution >= 0.6 is 11.6 Å². The summed E-state index contributed by atoms with van der Waals surface area (Å²) in [6.45, 7) is 1.09. The molecule has 0 bridgehead atoms. The molecule has 1 saturated heterocycles. The third-order valence-corrected chi connectivity index (χ3v) is 3.46. The molecular formula is C11H10ClN3O5. The van der Waals surface area contributed by atoms with E-state index in [1.54, 1.807) is 0 Å². The number of benzene rings is 1. The molecule has 1 heterocycles. The van der Waals surface area contributed by atoms with Gasteiger partial charge in [-0.3, -0.25) is 25.0 Å². The Balaban J connectivity index is 2.50. The lowest BCUT2D eigenvalue weighted by Crippen LogP contribution is -2.27. The minimum Gasteiger partial charge on any atom is -0.339 e. The SMILES string of the molecule is O=C(c1cc([N+](=O)[O-])c(Cl)c([N+](=O)[O-])c1)N1CCCC1. The normalized spacial score (nSPS) is 14.3. The number of rotatable bonds is 3. The van der Waals surface area contributed by atoms with E-state index in [1.165, 1.54) is 4.90 Å². The Hall–Kier alpha value is -2.22. The number of nitrogens with zero attached hydrogens (tertiary/aromatic N) is 3. The second-order valence-electron chi connectivity index (χ2n) is 4.34. The van der Waals surface area contributed by atoms with Crippen LogP contribution in [-0.4, -0.2) is 33.7 Å². The zero-order valence-electron chi connectivity index (χ0n) is 10.2. The number of nitro groups is 2. The molecule has 0 atom stereocenters. The van der Waals surface area contributed by atoms with Crippen molar-refractivity contribution in [1.82, 2.24) is 4.90 Å². The van der Waals surface area contributed by atoms with Gasteiger partial charge in [-0.1, -0.05) is 11.6 Å². The number of likely N-dealkylation sites (tertiary alicyclic amines) is 1. The predicted molar refractivity (Wildman–Crippen MR) is 69.9 cm³/mol. The summed E-state index contributed by atoms with van der Waals surface area (Å²) in [5.74, 6) is -0.453. The van der Waals surface area contributed by atoms with Gasteiger partial charge in [-0.25, -0.2) is 0 Å². The van der Waals surface area contributed by atoms with E-state index >= 15 is 0 Å². The first-order chi connectivity index (χ1) is 9.41. The topological polar surface area (TPSA) is 107 Å². The van der Waals surface area contributed by atoms with Gasteiger partial charge in [-0.05, 0) is 12.8 Å². The largest absolute Gasteiger partial charge is 0.339 e. The van der Waals surface area contributed by atoms with Crippen LogP contribution in [0.15, 0.2) is 12.1 Å². The Morgan fingerprint density at radius 2 is 1.55 bits per heavy atom. The van der Waals surface area contributed by atoms with Gasteiger partial charge in [0.25, 0.3) is 17.3 Å². The fourth-order valence-electron chi connectivity index (χ4n) is 2.09. The second-order valence-corrected chi connectivity index (χ2v) is 4.72. The van der Waals surface area contributed by atoms with Crippen molar-refractivity contribution in [2.75, 3.05) is 13.1 Å². The van der Waals surface area contributed by atoms with Crippen LogP contribution in [0.1, 0.15) is 23.2 Å². The number of hydrogen-bond acceptors (Lipinski definition) is 5. The maximum absolute atomic E-state index is 12.1. The Kier molecular flexibility index (Phi) is 3.84. The zero-order chi connectivity index (χ0) is 14.9. The van der Waals surface area contributed by atoms with Crippen molar-refractivity contribution < 1.29 is 14.6 Å². The predicted octanol–water partition coefficient (Wildman–Crippen LogP) is 2.39. The minimum atomic E-state index is -0.837. The molecule has 0 aromatic heterocycles. The van der Waals surface area contributed by atoms with Crippen LogP contribution in [-0.2, 0) is 0 Å². The third-order valence-electron chi connectivity index (χ3n) is 3.07. The molecule has 0 aliphatic carbocycles. The first kappa shape index (κ1) is 14.2. The fourth-order valence-corrected chi connectivity index (χ4v) is 2.33. The van der Waals surface area contributed by atoms with Crippen LogP contribution in [0.25, 0.3) is 0 Å². The van der Waals surface area contributed by atoms with E-state index in [1.807, 2.05) is 0 Å². The smallest absolute Gasteiger partial charge is 0.295 e. The van der Waals surface area contributed by atoms with E-state index in [0.29, 0.717) is 13.1 Å². The third kappa shape index (κ3) is 2.55. The lowest BCUT2D eigenvalue weighted by molar-refractivity contribution is -0.393. The number of nitro benzene ring substituents is 2. The maximum Gasteiger partial charge on any atom is 0.295 e. The van der Waals surface area contributed by atoms with Crippen molar-refractivity contribution in [2.24, 2.45) is 0 Å². The molecule has 1 aliphatic heterocycles. The van der Waals surface area contributed by atoms with Crippen molar-refractivity contribution in [3.63, 3.8) is 0 Å². The molecule has 1 fully saturated rings. The van der Waals surface area contributed by atoms with Crippen molar-refractivity contribution in [2.45, 2.75) is 12.8 Å². The van der Waals surface area contributed by atoms with Gasteiger partial charge in [0.15, 0.2) is 5.02 Å². The molecule has 0 spiro atoms. The summed E-state index contributed by atoms with van der Waals surface area (Å²) in [5, 5.41) is 21.2. The van der Waals surface area contributed by atoms with Crippen LogP contribution in [0, 0.1) is 20.2 Å². The highest BCUT2D eigenvalue weighted by Gasteiger charge is 2.29. The van der Waals surface area contributed by atoms with Gasteiger partial charge < -0.3 is 4.90 Å². The summed E-state index contributed by atoms with van der Waals surface area (Å²) in [6, 6.07) is 1.96. The molecule has 1 amide bonds. The average Bonchev–Trinajstić information content (AvgIpc) is 2.91. The van der Waals surface area contributed by atoms with Gasteiger partial charge in [0, 0.05) is 25.2 Å². The van der Waals surface area contributed by atoms with Crippen molar-refractivity contribution in [3.8, 4) is 0 Å². The maximum atomic E-state index is 12.1. The van der Waals surface area contributed by atoms with Crippen LogP contribution in [0.5, 0.6) is 0 Å². The summed E-state index contributed by atoms with van der Waals surface area (Å²) >= 11 is 5.63. The van der Waals surface area contributed by atoms with Gasteiger partial charge in [-0.15, -0.1) is 0 Å². The van der Waals surface area contributed by atoms with E-state index in [-0.39, 0.29) is 5.56 Å². The number of carbonyl (C=O) groups excluding carboxylic acids is 1. The lowest BCUT2D eigenvalue weighted by atomic mass is 10.1. The van der Waals surface area contributed by atoms with Crippen molar-refractivity contribution >= 4 is 28.9 Å². The lowest BCUT2D eigenvalue weighted by Gasteiger charge is -2.15. The zero-order valence-corrected chi connectivity index (χ0v) is 11.0. The summed E-state index contributed by atoms with van der Waals surface area (Å²) in [7, 11) is 0. The molecule has 1 aliphatic rings. The van der Waals surface area contributed by atoms with Gasteiger partial charge in [0.1, 0.15) is 0 Å². The molecule has 8 nitrogen and oxygen atoms in total. The number of halogens is 1. The molecule has 2 rings (SSSR count). The Morgan fingerprint density at radius 1 is 1.10 bits per heavy atom. The summed E-state index contributed by atoms with van der Waals surface area (Å²) in [6.07, 6.45) is 1.70. The summed E-state index contributed by atoms with van der Waals surface area (Å²) in [5.41, 5.74) is -1.36. The Morgan fingerprint density at radius 3 is 1.95 bits per heavy atom. The van der Waals surface area contributed by atoms with Gasteiger partial charge in [-0.2, -0.15) is 0 Å². The molecular weight excluding hydrogens is 290 g/mol. The van der Waals surface area contributed by atoms with E-state index in [0.717, 1.165) is 25.0 Å². The molecule has 106 valence electrons. The highest BCUT2D eigenvalue weighted by atomic mass is 35.5. The Bertz CT molecular complexity index is 563.